The molecule has 27 heavy (non-hydrogen) atoms. The summed E-state index contributed by atoms with van der Waals surface area (Å²) < 4.78 is 5.03. The Morgan fingerprint density at radius 1 is 0.926 bits per heavy atom. The molecular formula is C22H35NO4. The summed E-state index contributed by atoms with van der Waals surface area (Å²) in [6.07, 6.45) is 11.1. The van der Waals surface area contributed by atoms with Crippen molar-refractivity contribution in [3.63, 3.8) is 0 Å². The highest BCUT2D eigenvalue weighted by atomic mass is 16.5. The van der Waals surface area contributed by atoms with Crippen molar-refractivity contribution < 1.29 is 19.4 Å². The molecule has 1 aromatic rings. The molecule has 0 heterocycles. The quantitative estimate of drug-likeness (QED) is 0.420. The summed E-state index contributed by atoms with van der Waals surface area (Å²) in [6, 6.07) is 8.52. The summed E-state index contributed by atoms with van der Waals surface area (Å²) in [6.45, 7) is 0.857. The minimum Gasteiger partial charge on any atom is -0.480 e. The second-order valence-electron chi connectivity index (χ2n) is 7.07. The summed E-state index contributed by atoms with van der Waals surface area (Å²) in [5.74, 6) is -1.16. The maximum atomic E-state index is 12.0. The molecule has 5 heteroatoms. The van der Waals surface area contributed by atoms with Crippen molar-refractivity contribution in [2.45, 2.75) is 76.7 Å². The summed E-state index contributed by atoms with van der Waals surface area (Å²) >= 11 is 0. The van der Waals surface area contributed by atoms with Crippen LogP contribution < -0.4 is 5.32 Å². The van der Waals surface area contributed by atoms with Crippen LogP contribution in [-0.4, -0.2) is 36.7 Å². The van der Waals surface area contributed by atoms with Crippen molar-refractivity contribution in [3.05, 3.63) is 35.9 Å². The van der Waals surface area contributed by atoms with Gasteiger partial charge in [-0.3, -0.25) is 4.79 Å². The van der Waals surface area contributed by atoms with E-state index in [1.54, 1.807) is 7.11 Å². The third kappa shape index (κ3) is 12.2. The fraction of sp³-hybridized carbons (Fsp3) is 0.636. The first-order valence-electron chi connectivity index (χ1n) is 10.2. The molecule has 1 unspecified atom stereocenters. The van der Waals surface area contributed by atoms with Crippen LogP contribution in [0, 0.1) is 0 Å². The topological polar surface area (TPSA) is 75.6 Å². The van der Waals surface area contributed by atoms with Gasteiger partial charge in [-0.05, 0) is 18.4 Å². The van der Waals surface area contributed by atoms with E-state index in [1.807, 2.05) is 30.3 Å². The molecule has 1 aromatic carbocycles. The van der Waals surface area contributed by atoms with Crippen LogP contribution in [-0.2, 0) is 20.7 Å². The van der Waals surface area contributed by atoms with Crippen molar-refractivity contribution in [1.29, 1.82) is 0 Å². The van der Waals surface area contributed by atoms with Gasteiger partial charge in [0.15, 0.2) is 0 Å². The molecule has 0 fully saturated rings. The normalized spacial score (nSPS) is 11.9. The van der Waals surface area contributed by atoms with Gasteiger partial charge in [0.25, 0.3) is 0 Å². The SMILES string of the molecule is COCCCCCCCCCCCC(=O)NC(Cc1ccccc1)C(=O)O. The molecule has 2 N–H and O–H groups in total. The second-order valence-corrected chi connectivity index (χ2v) is 7.07. The van der Waals surface area contributed by atoms with Crippen LogP contribution in [0.25, 0.3) is 0 Å². The molecule has 0 saturated heterocycles. The van der Waals surface area contributed by atoms with Gasteiger partial charge in [-0.1, -0.05) is 75.3 Å². The van der Waals surface area contributed by atoms with Crippen LogP contribution in [0.3, 0.4) is 0 Å². The lowest BCUT2D eigenvalue weighted by Gasteiger charge is -2.14. The van der Waals surface area contributed by atoms with E-state index < -0.39 is 12.0 Å². The Morgan fingerprint density at radius 3 is 2.04 bits per heavy atom. The Morgan fingerprint density at radius 2 is 1.48 bits per heavy atom. The van der Waals surface area contributed by atoms with E-state index >= 15 is 0 Å². The largest absolute Gasteiger partial charge is 0.480 e. The van der Waals surface area contributed by atoms with Gasteiger partial charge in [0, 0.05) is 26.6 Å². The first kappa shape index (κ1) is 23.2. The molecule has 0 radical (unpaired) electrons. The monoisotopic (exact) mass is 377 g/mol. The molecule has 0 aromatic heterocycles. The van der Waals surface area contributed by atoms with Gasteiger partial charge < -0.3 is 15.2 Å². The summed E-state index contributed by atoms with van der Waals surface area (Å²) in [4.78, 5) is 23.4. The highest BCUT2D eigenvalue weighted by molar-refractivity contribution is 5.83. The van der Waals surface area contributed by atoms with Gasteiger partial charge in [0.05, 0.1) is 0 Å². The minimum absolute atomic E-state index is 0.170. The average molecular weight is 378 g/mol. The van der Waals surface area contributed by atoms with Crippen LogP contribution in [0.4, 0.5) is 0 Å². The predicted octanol–water partition coefficient (Wildman–Crippen LogP) is 4.35. The lowest BCUT2D eigenvalue weighted by Crippen LogP contribution is -2.42. The molecule has 0 saturated carbocycles. The lowest BCUT2D eigenvalue weighted by atomic mass is 10.0. The van der Waals surface area contributed by atoms with Crippen molar-refractivity contribution >= 4 is 11.9 Å². The van der Waals surface area contributed by atoms with Crippen LogP contribution in [0.5, 0.6) is 0 Å². The molecule has 5 nitrogen and oxygen atoms in total. The highest BCUT2D eigenvalue weighted by Gasteiger charge is 2.19. The predicted molar refractivity (Wildman–Crippen MR) is 108 cm³/mol. The average Bonchev–Trinajstić information content (AvgIpc) is 2.66. The standard InChI is InChI=1S/C22H35NO4/c1-27-17-13-8-6-4-2-3-5-7-12-16-21(24)23-20(22(25)26)18-19-14-10-9-11-15-19/h9-11,14-15,20H,2-8,12-13,16-18H2,1H3,(H,23,24)(H,25,26). The van der Waals surface area contributed by atoms with Crippen LogP contribution in [0.2, 0.25) is 0 Å². The molecule has 1 amide bonds. The number of carbonyl (C=O) groups excluding carboxylic acids is 1. The summed E-state index contributed by atoms with van der Waals surface area (Å²) in [7, 11) is 1.74. The smallest absolute Gasteiger partial charge is 0.326 e. The summed E-state index contributed by atoms with van der Waals surface area (Å²) in [5, 5.41) is 12.0. The van der Waals surface area contributed by atoms with Crippen LogP contribution in [0.1, 0.15) is 69.8 Å². The lowest BCUT2D eigenvalue weighted by molar-refractivity contribution is -0.141. The zero-order valence-corrected chi connectivity index (χ0v) is 16.6. The van der Waals surface area contributed by atoms with Gasteiger partial charge in [-0.2, -0.15) is 0 Å². The van der Waals surface area contributed by atoms with Crippen molar-refractivity contribution in [1.82, 2.24) is 5.32 Å². The Labute approximate surface area is 163 Å². The van der Waals surface area contributed by atoms with Gasteiger partial charge in [-0.15, -0.1) is 0 Å². The zero-order chi connectivity index (χ0) is 19.7. The molecule has 1 atom stereocenters. The van der Waals surface area contributed by atoms with Crippen LogP contribution in [0.15, 0.2) is 30.3 Å². The zero-order valence-electron chi connectivity index (χ0n) is 16.6. The number of carbonyl (C=O) groups is 2. The molecular weight excluding hydrogens is 342 g/mol. The molecule has 152 valence electrons. The molecule has 0 bridgehead atoms. The Bertz CT molecular complexity index is 518. The fourth-order valence-corrected chi connectivity index (χ4v) is 3.09. The molecule has 0 aliphatic rings. The third-order valence-corrected chi connectivity index (χ3v) is 4.67. The Balaban J connectivity index is 2.07. The first-order valence-corrected chi connectivity index (χ1v) is 10.2. The number of aliphatic carboxylic acids is 1. The number of rotatable bonds is 16. The summed E-state index contributed by atoms with van der Waals surface area (Å²) in [5.41, 5.74) is 0.910. The number of methoxy groups -OCH3 is 1. The Hall–Kier alpha value is -1.88. The minimum atomic E-state index is -0.988. The van der Waals surface area contributed by atoms with Crippen LogP contribution >= 0.6 is 0 Å². The number of hydrogen-bond donors (Lipinski definition) is 2. The molecule has 0 aliphatic heterocycles. The van der Waals surface area contributed by atoms with Crippen molar-refractivity contribution in [2.24, 2.45) is 0 Å². The number of ether oxygens (including phenoxy) is 1. The maximum Gasteiger partial charge on any atom is 0.326 e. The number of carboxylic acids is 1. The van der Waals surface area contributed by atoms with E-state index in [9.17, 15) is 14.7 Å². The maximum absolute atomic E-state index is 12.0. The van der Waals surface area contributed by atoms with E-state index in [0.717, 1.165) is 37.9 Å². The number of nitrogens with one attached hydrogen (secondary N) is 1. The van der Waals surface area contributed by atoms with E-state index in [4.69, 9.17) is 4.74 Å². The fourth-order valence-electron chi connectivity index (χ4n) is 3.09. The van der Waals surface area contributed by atoms with Gasteiger partial charge in [0.2, 0.25) is 5.91 Å². The number of amides is 1. The van der Waals surface area contributed by atoms with Crippen molar-refractivity contribution in [3.8, 4) is 0 Å². The third-order valence-electron chi connectivity index (χ3n) is 4.67. The number of benzene rings is 1. The van der Waals surface area contributed by atoms with E-state index in [1.165, 1.54) is 32.1 Å². The second kappa shape index (κ2) is 15.2. The van der Waals surface area contributed by atoms with Crippen molar-refractivity contribution in [2.75, 3.05) is 13.7 Å². The first-order chi connectivity index (χ1) is 13.1. The van der Waals surface area contributed by atoms with Gasteiger partial charge >= 0.3 is 5.97 Å². The van der Waals surface area contributed by atoms with Gasteiger partial charge in [-0.25, -0.2) is 4.79 Å². The number of hydrogen-bond acceptors (Lipinski definition) is 3. The van der Waals surface area contributed by atoms with Gasteiger partial charge in [0.1, 0.15) is 6.04 Å². The molecule has 1 rings (SSSR count). The number of carboxylic acid groups (broad SMARTS) is 1. The molecule has 0 aliphatic carbocycles. The Kier molecular flexibility index (Phi) is 13.0. The van der Waals surface area contributed by atoms with E-state index in [2.05, 4.69) is 5.32 Å². The molecule has 0 spiro atoms. The number of unbranched alkanes of at least 4 members (excludes halogenated alkanes) is 8. The highest BCUT2D eigenvalue weighted by Crippen LogP contribution is 2.11. The van der Waals surface area contributed by atoms with E-state index in [-0.39, 0.29) is 5.91 Å². The van der Waals surface area contributed by atoms with E-state index in [0.29, 0.717) is 12.8 Å².